The Bertz CT molecular complexity index is 248. The Morgan fingerprint density at radius 3 is 2.47 bits per heavy atom. The average Bonchev–Trinajstić information content (AvgIpc) is 2.63. The molecule has 1 saturated carbocycles. The number of ether oxygens (including phenoxy) is 1. The summed E-state index contributed by atoms with van der Waals surface area (Å²) in [5, 5.41) is 3.36. The van der Waals surface area contributed by atoms with Crippen molar-refractivity contribution >= 4 is 5.78 Å². The number of nitrogens with one attached hydrogen (secondary N) is 1. The first-order valence-electron chi connectivity index (χ1n) is 6.08. The van der Waals surface area contributed by atoms with Crippen molar-refractivity contribution in [1.29, 1.82) is 0 Å². The van der Waals surface area contributed by atoms with Crippen LogP contribution in [0, 0.1) is 5.92 Å². The quantitative estimate of drug-likeness (QED) is 0.757. The molecular formula is C12H21NO2. The zero-order valence-electron chi connectivity index (χ0n) is 9.71. The lowest BCUT2D eigenvalue weighted by molar-refractivity contribution is -0.148. The standard InChI is InChI=1S/C12H21NO2/c1-9-8-15-12(13-9,10(2)14)11-6-4-3-5-7-11/h9,11,13H,3-8H2,1-2H3. The molecule has 1 heterocycles. The highest BCUT2D eigenvalue weighted by Crippen LogP contribution is 2.36. The maximum atomic E-state index is 11.8. The Morgan fingerprint density at radius 2 is 2.00 bits per heavy atom. The van der Waals surface area contributed by atoms with Gasteiger partial charge in [0.25, 0.3) is 0 Å². The third-order valence-electron chi connectivity index (χ3n) is 3.72. The summed E-state index contributed by atoms with van der Waals surface area (Å²) < 4.78 is 5.79. The van der Waals surface area contributed by atoms with E-state index >= 15 is 0 Å². The van der Waals surface area contributed by atoms with Crippen molar-refractivity contribution < 1.29 is 9.53 Å². The molecule has 1 saturated heterocycles. The van der Waals surface area contributed by atoms with Crippen LogP contribution in [-0.4, -0.2) is 24.2 Å². The molecule has 2 aliphatic rings. The lowest BCUT2D eigenvalue weighted by Crippen LogP contribution is -2.55. The second-order valence-corrected chi connectivity index (χ2v) is 4.98. The normalized spacial score (nSPS) is 38.1. The molecule has 0 aromatic heterocycles. The summed E-state index contributed by atoms with van der Waals surface area (Å²) in [7, 11) is 0. The largest absolute Gasteiger partial charge is 0.351 e. The highest BCUT2D eigenvalue weighted by Gasteiger charge is 2.48. The fraction of sp³-hybridized carbons (Fsp3) is 0.917. The SMILES string of the molecule is CC(=O)C1(C2CCCCC2)NC(C)CO1. The lowest BCUT2D eigenvalue weighted by atomic mass is 9.80. The van der Waals surface area contributed by atoms with Crippen molar-refractivity contribution in [2.24, 2.45) is 5.92 Å². The van der Waals surface area contributed by atoms with Crippen LogP contribution in [0.2, 0.25) is 0 Å². The molecule has 86 valence electrons. The summed E-state index contributed by atoms with van der Waals surface area (Å²) in [6.07, 6.45) is 6.02. The predicted molar refractivity (Wildman–Crippen MR) is 58.5 cm³/mol. The van der Waals surface area contributed by atoms with Crippen LogP contribution in [0.3, 0.4) is 0 Å². The lowest BCUT2D eigenvalue weighted by Gasteiger charge is -2.37. The molecule has 0 spiro atoms. The third kappa shape index (κ3) is 1.95. The van der Waals surface area contributed by atoms with Gasteiger partial charge in [-0.1, -0.05) is 19.3 Å². The van der Waals surface area contributed by atoms with E-state index in [2.05, 4.69) is 12.2 Å². The van der Waals surface area contributed by atoms with Gasteiger partial charge in [0.15, 0.2) is 11.5 Å². The fourth-order valence-corrected chi connectivity index (χ4v) is 2.94. The molecule has 1 aliphatic carbocycles. The minimum Gasteiger partial charge on any atom is -0.351 e. The summed E-state index contributed by atoms with van der Waals surface area (Å²) in [4.78, 5) is 11.8. The number of rotatable bonds is 2. The maximum Gasteiger partial charge on any atom is 0.181 e. The molecule has 0 bridgehead atoms. The van der Waals surface area contributed by atoms with E-state index in [-0.39, 0.29) is 5.78 Å². The Kier molecular flexibility index (Phi) is 3.12. The Morgan fingerprint density at radius 1 is 1.33 bits per heavy atom. The predicted octanol–water partition coefficient (Wildman–Crippen LogP) is 1.86. The summed E-state index contributed by atoms with van der Waals surface area (Å²) in [5.41, 5.74) is -0.653. The highest BCUT2D eigenvalue weighted by atomic mass is 16.5. The van der Waals surface area contributed by atoms with E-state index in [1.165, 1.54) is 19.3 Å². The van der Waals surface area contributed by atoms with E-state index in [0.29, 0.717) is 18.6 Å². The van der Waals surface area contributed by atoms with E-state index < -0.39 is 5.72 Å². The van der Waals surface area contributed by atoms with Crippen molar-refractivity contribution in [3.05, 3.63) is 0 Å². The smallest absolute Gasteiger partial charge is 0.181 e. The van der Waals surface area contributed by atoms with Crippen LogP contribution in [0.1, 0.15) is 46.0 Å². The molecule has 3 heteroatoms. The second kappa shape index (κ2) is 4.22. The first-order chi connectivity index (χ1) is 7.15. The van der Waals surface area contributed by atoms with Gasteiger partial charge < -0.3 is 4.74 Å². The van der Waals surface area contributed by atoms with Crippen molar-refractivity contribution in [3.8, 4) is 0 Å². The van der Waals surface area contributed by atoms with Crippen molar-refractivity contribution in [1.82, 2.24) is 5.32 Å². The zero-order valence-corrected chi connectivity index (χ0v) is 9.71. The van der Waals surface area contributed by atoms with Gasteiger partial charge in [0.05, 0.1) is 6.61 Å². The number of carbonyl (C=O) groups excluding carboxylic acids is 1. The van der Waals surface area contributed by atoms with Gasteiger partial charge in [-0.2, -0.15) is 0 Å². The third-order valence-corrected chi connectivity index (χ3v) is 3.72. The van der Waals surface area contributed by atoms with Crippen molar-refractivity contribution in [2.45, 2.75) is 57.7 Å². The van der Waals surface area contributed by atoms with Gasteiger partial charge in [0, 0.05) is 12.0 Å². The van der Waals surface area contributed by atoms with Crippen molar-refractivity contribution in [3.63, 3.8) is 0 Å². The average molecular weight is 211 g/mol. The van der Waals surface area contributed by atoms with E-state index in [4.69, 9.17) is 4.74 Å². The van der Waals surface area contributed by atoms with Crippen LogP contribution < -0.4 is 5.32 Å². The summed E-state index contributed by atoms with van der Waals surface area (Å²) >= 11 is 0. The first kappa shape index (κ1) is 11.1. The van der Waals surface area contributed by atoms with Crippen LogP contribution >= 0.6 is 0 Å². The van der Waals surface area contributed by atoms with Crippen LogP contribution in [0.15, 0.2) is 0 Å². The Hall–Kier alpha value is -0.410. The number of hydrogen-bond donors (Lipinski definition) is 1. The molecule has 2 rings (SSSR count). The molecule has 3 nitrogen and oxygen atoms in total. The van der Waals surface area contributed by atoms with Gasteiger partial charge in [-0.25, -0.2) is 0 Å². The molecule has 15 heavy (non-hydrogen) atoms. The molecular weight excluding hydrogens is 190 g/mol. The number of Topliss-reactive ketones (excluding diaryl/α,β-unsaturated/α-hetero) is 1. The van der Waals surface area contributed by atoms with E-state index in [9.17, 15) is 4.79 Å². The van der Waals surface area contributed by atoms with Crippen LogP contribution in [0.5, 0.6) is 0 Å². The molecule has 0 radical (unpaired) electrons. The molecule has 2 unspecified atom stereocenters. The van der Waals surface area contributed by atoms with Gasteiger partial charge in [-0.15, -0.1) is 0 Å². The monoisotopic (exact) mass is 211 g/mol. The van der Waals surface area contributed by atoms with Gasteiger partial charge in [-0.05, 0) is 26.7 Å². The molecule has 1 aliphatic heterocycles. The second-order valence-electron chi connectivity index (χ2n) is 4.98. The van der Waals surface area contributed by atoms with Gasteiger partial charge >= 0.3 is 0 Å². The van der Waals surface area contributed by atoms with Gasteiger partial charge in [-0.3, -0.25) is 10.1 Å². The summed E-state index contributed by atoms with van der Waals surface area (Å²) in [6, 6.07) is 0.302. The molecule has 0 amide bonds. The Labute approximate surface area is 91.6 Å². The molecule has 1 N–H and O–H groups in total. The topological polar surface area (TPSA) is 38.3 Å². The zero-order chi connectivity index (χ0) is 10.9. The van der Waals surface area contributed by atoms with Crippen LogP contribution in [0.4, 0.5) is 0 Å². The summed E-state index contributed by atoms with van der Waals surface area (Å²) in [5.74, 6) is 0.535. The van der Waals surface area contributed by atoms with Gasteiger partial charge in [0.1, 0.15) is 0 Å². The maximum absolute atomic E-state index is 11.8. The van der Waals surface area contributed by atoms with Crippen molar-refractivity contribution in [2.75, 3.05) is 6.61 Å². The summed E-state index contributed by atoms with van der Waals surface area (Å²) in [6.45, 7) is 4.39. The Balaban J connectivity index is 2.14. The van der Waals surface area contributed by atoms with E-state index in [1.54, 1.807) is 6.92 Å². The van der Waals surface area contributed by atoms with Crippen LogP contribution in [0.25, 0.3) is 0 Å². The molecule has 0 aromatic carbocycles. The highest BCUT2D eigenvalue weighted by molar-refractivity contribution is 5.85. The van der Waals surface area contributed by atoms with Crippen LogP contribution in [-0.2, 0) is 9.53 Å². The molecule has 2 fully saturated rings. The first-order valence-corrected chi connectivity index (χ1v) is 6.08. The fourth-order valence-electron chi connectivity index (χ4n) is 2.94. The van der Waals surface area contributed by atoms with E-state index in [1.807, 2.05) is 0 Å². The number of ketones is 1. The number of hydrogen-bond acceptors (Lipinski definition) is 3. The van der Waals surface area contributed by atoms with Gasteiger partial charge in [0.2, 0.25) is 0 Å². The minimum absolute atomic E-state index is 0.152. The molecule has 2 atom stereocenters. The number of carbonyl (C=O) groups is 1. The molecule has 0 aromatic rings. The minimum atomic E-state index is -0.653. The van der Waals surface area contributed by atoms with E-state index in [0.717, 1.165) is 12.8 Å².